The van der Waals surface area contributed by atoms with Crippen LogP contribution in [-0.4, -0.2) is 27.8 Å². The van der Waals surface area contributed by atoms with Crippen molar-refractivity contribution in [2.45, 2.75) is 37.8 Å². The summed E-state index contributed by atoms with van der Waals surface area (Å²) in [5.74, 6) is -1.97. The van der Waals surface area contributed by atoms with Crippen molar-refractivity contribution in [3.05, 3.63) is 78.1 Å². The number of anilines is 1. The second-order valence-corrected chi connectivity index (χ2v) is 8.03. The van der Waals surface area contributed by atoms with Crippen LogP contribution in [0.15, 0.2) is 60.9 Å². The van der Waals surface area contributed by atoms with Gasteiger partial charge < -0.3 is 4.90 Å². The minimum atomic E-state index is -1.05. The second-order valence-electron chi connectivity index (χ2n) is 8.03. The van der Waals surface area contributed by atoms with Gasteiger partial charge in [0, 0.05) is 36.0 Å². The highest BCUT2D eigenvalue weighted by atomic mass is 19.2. The SMILES string of the molecule is O=C(c1ccc(-c2ccccc2)c(F)c1F)C1CC2CCC(C1)N2c1ncccn1. The van der Waals surface area contributed by atoms with Gasteiger partial charge in [0.2, 0.25) is 5.95 Å². The summed E-state index contributed by atoms with van der Waals surface area (Å²) in [5.41, 5.74) is 0.601. The molecule has 5 rings (SSSR count). The Morgan fingerprint density at radius 1 is 0.867 bits per heavy atom. The van der Waals surface area contributed by atoms with Crippen molar-refractivity contribution < 1.29 is 13.6 Å². The molecule has 0 spiro atoms. The number of hydrogen-bond donors (Lipinski definition) is 0. The van der Waals surface area contributed by atoms with Gasteiger partial charge in [-0.15, -0.1) is 0 Å². The molecule has 2 aliphatic heterocycles. The minimum Gasteiger partial charge on any atom is -0.335 e. The van der Waals surface area contributed by atoms with Crippen LogP contribution < -0.4 is 4.90 Å². The molecule has 4 nitrogen and oxygen atoms in total. The maximum atomic E-state index is 14.9. The van der Waals surface area contributed by atoms with Crippen LogP contribution in [0.3, 0.4) is 0 Å². The van der Waals surface area contributed by atoms with E-state index >= 15 is 0 Å². The molecule has 2 bridgehead atoms. The smallest absolute Gasteiger partial charge is 0.225 e. The summed E-state index contributed by atoms with van der Waals surface area (Å²) in [6, 6.07) is 13.8. The zero-order valence-electron chi connectivity index (χ0n) is 16.3. The van der Waals surface area contributed by atoms with E-state index < -0.39 is 11.6 Å². The summed E-state index contributed by atoms with van der Waals surface area (Å²) < 4.78 is 29.7. The third-order valence-corrected chi connectivity index (χ3v) is 6.32. The molecule has 2 saturated heterocycles. The molecule has 30 heavy (non-hydrogen) atoms. The van der Waals surface area contributed by atoms with Gasteiger partial charge in [-0.3, -0.25) is 4.79 Å². The Kier molecular flexibility index (Phi) is 4.77. The number of carbonyl (C=O) groups is 1. The van der Waals surface area contributed by atoms with Crippen molar-refractivity contribution >= 4 is 11.7 Å². The third-order valence-electron chi connectivity index (χ3n) is 6.32. The Morgan fingerprint density at radius 2 is 1.53 bits per heavy atom. The zero-order chi connectivity index (χ0) is 20.7. The first-order chi connectivity index (χ1) is 14.6. The minimum absolute atomic E-state index is 0.150. The summed E-state index contributed by atoms with van der Waals surface area (Å²) in [5, 5.41) is 0. The van der Waals surface area contributed by atoms with Crippen LogP contribution in [0.25, 0.3) is 11.1 Å². The largest absolute Gasteiger partial charge is 0.335 e. The van der Waals surface area contributed by atoms with Crippen LogP contribution in [0, 0.1) is 17.6 Å². The molecule has 0 saturated carbocycles. The van der Waals surface area contributed by atoms with Gasteiger partial charge in [0.05, 0.1) is 5.56 Å². The molecule has 6 heteroatoms. The van der Waals surface area contributed by atoms with Gasteiger partial charge >= 0.3 is 0 Å². The number of aromatic nitrogens is 2. The molecule has 1 aromatic heterocycles. The predicted octanol–water partition coefficient (Wildman–Crippen LogP) is 5.05. The van der Waals surface area contributed by atoms with E-state index in [9.17, 15) is 13.6 Å². The molecular weight excluding hydrogens is 384 g/mol. The van der Waals surface area contributed by atoms with Gasteiger partial charge in [0.15, 0.2) is 17.4 Å². The fourth-order valence-electron chi connectivity index (χ4n) is 4.94. The van der Waals surface area contributed by atoms with Crippen LogP contribution in [-0.2, 0) is 0 Å². The van der Waals surface area contributed by atoms with E-state index in [1.807, 2.05) is 6.07 Å². The van der Waals surface area contributed by atoms with E-state index in [2.05, 4.69) is 14.9 Å². The Hall–Kier alpha value is -3.15. The lowest BCUT2D eigenvalue weighted by Gasteiger charge is -2.38. The molecule has 2 aromatic carbocycles. The van der Waals surface area contributed by atoms with Crippen molar-refractivity contribution in [1.29, 1.82) is 0 Å². The lowest BCUT2D eigenvalue weighted by Crippen LogP contribution is -2.45. The second kappa shape index (κ2) is 7.59. The molecule has 2 aliphatic rings. The summed E-state index contributed by atoms with van der Waals surface area (Å²) in [4.78, 5) is 24.0. The first-order valence-corrected chi connectivity index (χ1v) is 10.3. The summed E-state index contributed by atoms with van der Waals surface area (Å²) in [6.45, 7) is 0. The van der Waals surface area contributed by atoms with Crippen molar-refractivity contribution in [2.24, 2.45) is 5.92 Å². The number of Topliss-reactive ketones (excluding diaryl/α,β-unsaturated/α-hetero) is 1. The van der Waals surface area contributed by atoms with Crippen molar-refractivity contribution in [3.63, 3.8) is 0 Å². The Balaban J connectivity index is 1.39. The van der Waals surface area contributed by atoms with Crippen molar-refractivity contribution in [3.8, 4) is 11.1 Å². The van der Waals surface area contributed by atoms with Gasteiger partial charge in [0.25, 0.3) is 0 Å². The number of nitrogens with zero attached hydrogens (tertiary/aromatic N) is 3. The standard InChI is InChI=1S/C24H21F2N3O/c25-21-19(15-5-2-1-3-6-15)9-10-20(22(21)26)23(30)16-13-17-7-8-18(14-16)29(17)24-27-11-4-12-28-24/h1-6,9-12,16-18H,7-8,13-14H2. The average Bonchev–Trinajstić information content (AvgIpc) is 3.05. The Morgan fingerprint density at radius 3 is 2.20 bits per heavy atom. The molecule has 0 N–H and O–H groups in total. The quantitative estimate of drug-likeness (QED) is 0.570. The van der Waals surface area contributed by atoms with Gasteiger partial charge in [-0.1, -0.05) is 36.4 Å². The number of hydrogen-bond acceptors (Lipinski definition) is 4. The lowest BCUT2D eigenvalue weighted by atomic mass is 9.84. The highest BCUT2D eigenvalue weighted by Crippen LogP contribution is 2.41. The van der Waals surface area contributed by atoms with Gasteiger partial charge in [0.1, 0.15) is 0 Å². The topological polar surface area (TPSA) is 46.1 Å². The molecule has 3 aromatic rings. The number of benzene rings is 2. The molecule has 2 atom stereocenters. The van der Waals surface area contributed by atoms with E-state index in [4.69, 9.17) is 0 Å². The number of fused-ring (bicyclic) bond motifs is 2. The predicted molar refractivity (Wildman–Crippen MR) is 110 cm³/mol. The first kappa shape index (κ1) is 18.9. The molecule has 152 valence electrons. The Bertz CT molecular complexity index is 1060. The fourth-order valence-corrected chi connectivity index (χ4v) is 4.94. The summed E-state index contributed by atoms with van der Waals surface area (Å²) in [7, 11) is 0. The van der Waals surface area contributed by atoms with Crippen LogP contribution >= 0.6 is 0 Å². The molecule has 0 radical (unpaired) electrons. The summed E-state index contributed by atoms with van der Waals surface area (Å²) in [6.07, 6.45) is 6.55. The van der Waals surface area contributed by atoms with E-state index in [1.165, 1.54) is 12.1 Å². The van der Waals surface area contributed by atoms with E-state index in [0.717, 1.165) is 12.8 Å². The maximum absolute atomic E-state index is 14.9. The summed E-state index contributed by atoms with van der Waals surface area (Å²) >= 11 is 0. The van der Waals surface area contributed by atoms with Gasteiger partial charge in [-0.25, -0.2) is 18.7 Å². The normalized spacial score (nSPS) is 22.9. The fraction of sp³-hybridized carbons (Fsp3) is 0.292. The van der Waals surface area contributed by atoms with E-state index in [1.54, 1.807) is 42.7 Å². The van der Waals surface area contributed by atoms with E-state index in [0.29, 0.717) is 24.4 Å². The van der Waals surface area contributed by atoms with Crippen LogP contribution in [0.5, 0.6) is 0 Å². The monoisotopic (exact) mass is 405 g/mol. The van der Waals surface area contributed by atoms with Crippen LogP contribution in [0.4, 0.5) is 14.7 Å². The highest BCUT2D eigenvalue weighted by molar-refractivity contribution is 5.99. The molecule has 0 amide bonds. The maximum Gasteiger partial charge on any atom is 0.225 e. The molecular formula is C24H21F2N3O. The molecule has 0 aliphatic carbocycles. The zero-order valence-corrected chi connectivity index (χ0v) is 16.3. The number of carbonyl (C=O) groups excluding carboxylic acids is 1. The van der Waals surface area contributed by atoms with E-state index in [-0.39, 0.29) is 34.9 Å². The van der Waals surface area contributed by atoms with Crippen molar-refractivity contribution in [2.75, 3.05) is 4.90 Å². The van der Waals surface area contributed by atoms with Crippen LogP contribution in [0.2, 0.25) is 0 Å². The van der Waals surface area contributed by atoms with Crippen molar-refractivity contribution in [1.82, 2.24) is 9.97 Å². The number of rotatable bonds is 4. The molecule has 2 unspecified atom stereocenters. The number of halogens is 2. The van der Waals surface area contributed by atoms with Gasteiger partial charge in [-0.2, -0.15) is 0 Å². The van der Waals surface area contributed by atoms with Crippen LogP contribution in [0.1, 0.15) is 36.0 Å². The number of piperidine rings is 1. The average molecular weight is 405 g/mol. The first-order valence-electron chi connectivity index (χ1n) is 10.3. The Labute approximate surface area is 173 Å². The molecule has 3 heterocycles. The lowest BCUT2D eigenvalue weighted by molar-refractivity contribution is 0.0880. The number of ketones is 1. The third kappa shape index (κ3) is 3.16. The molecule has 2 fully saturated rings. The highest BCUT2D eigenvalue weighted by Gasteiger charge is 2.44. The van der Waals surface area contributed by atoms with Gasteiger partial charge in [-0.05, 0) is 43.4 Å².